The first-order chi connectivity index (χ1) is 9.65. The summed E-state index contributed by atoms with van der Waals surface area (Å²) in [5.74, 6) is 1.64. The lowest BCUT2D eigenvalue weighted by atomic mass is 9.95. The third-order valence-electron chi connectivity index (χ3n) is 4.61. The highest BCUT2D eigenvalue weighted by molar-refractivity contribution is 5.45. The smallest absolute Gasteiger partial charge is 0.231 e. The Kier molecular flexibility index (Phi) is 3.85. The number of benzene rings is 1. The van der Waals surface area contributed by atoms with E-state index in [2.05, 4.69) is 24.8 Å². The van der Waals surface area contributed by atoms with Crippen LogP contribution in [0.4, 0.5) is 0 Å². The lowest BCUT2D eigenvalue weighted by Gasteiger charge is -2.40. The Morgan fingerprint density at radius 3 is 2.65 bits per heavy atom. The van der Waals surface area contributed by atoms with Gasteiger partial charge in [0.2, 0.25) is 6.79 Å². The van der Waals surface area contributed by atoms with Crippen LogP contribution in [0.5, 0.6) is 11.5 Å². The van der Waals surface area contributed by atoms with Crippen molar-refractivity contribution in [1.29, 1.82) is 0 Å². The summed E-state index contributed by atoms with van der Waals surface area (Å²) in [5.41, 5.74) is 7.53. The van der Waals surface area contributed by atoms with Crippen molar-refractivity contribution in [1.82, 2.24) is 4.90 Å². The molecule has 0 amide bonds. The van der Waals surface area contributed by atoms with Crippen LogP contribution in [0.3, 0.4) is 0 Å². The molecule has 1 fully saturated rings. The van der Waals surface area contributed by atoms with Crippen LogP contribution in [0.2, 0.25) is 0 Å². The standard InChI is InChI=1S/C16H24N2O2/c1-11-4-3-5-12(2)18(11)9-14(17)13-6-7-15-16(8-13)20-10-19-15/h6-8,11-12,14H,3-5,9-10,17H2,1-2H3. The maximum atomic E-state index is 6.41. The maximum Gasteiger partial charge on any atom is 0.231 e. The summed E-state index contributed by atoms with van der Waals surface area (Å²) in [6.45, 7) is 5.83. The second kappa shape index (κ2) is 5.62. The molecule has 2 N–H and O–H groups in total. The molecule has 1 aromatic rings. The van der Waals surface area contributed by atoms with E-state index in [4.69, 9.17) is 15.2 Å². The highest BCUT2D eigenvalue weighted by atomic mass is 16.7. The fraction of sp³-hybridized carbons (Fsp3) is 0.625. The quantitative estimate of drug-likeness (QED) is 0.922. The van der Waals surface area contributed by atoms with Gasteiger partial charge in [0.15, 0.2) is 11.5 Å². The summed E-state index contributed by atoms with van der Waals surface area (Å²) in [6, 6.07) is 7.30. The molecular weight excluding hydrogens is 252 g/mol. The normalized spacial score (nSPS) is 27.6. The molecule has 0 saturated carbocycles. The van der Waals surface area contributed by atoms with Crippen LogP contribution in [0.15, 0.2) is 18.2 Å². The van der Waals surface area contributed by atoms with Gasteiger partial charge in [-0.3, -0.25) is 4.90 Å². The Morgan fingerprint density at radius 1 is 1.20 bits per heavy atom. The molecule has 2 aliphatic rings. The summed E-state index contributed by atoms with van der Waals surface area (Å²) in [6.07, 6.45) is 3.88. The topological polar surface area (TPSA) is 47.7 Å². The molecule has 4 heteroatoms. The van der Waals surface area contributed by atoms with Gasteiger partial charge in [-0.2, -0.15) is 0 Å². The van der Waals surface area contributed by atoms with Crippen molar-refractivity contribution in [3.63, 3.8) is 0 Å². The summed E-state index contributed by atoms with van der Waals surface area (Å²) in [4.78, 5) is 2.54. The minimum Gasteiger partial charge on any atom is -0.454 e. The van der Waals surface area contributed by atoms with Gasteiger partial charge in [-0.05, 0) is 44.4 Å². The molecule has 3 unspecified atom stereocenters. The minimum atomic E-state index is 0.0208. The Balaban J connectivity index is 1.70. The zero-order chi connectivity index (χ0) is 14.1. The molecule has 0 radical (unpaired) electrons. The Morgan fingerprint density at radius 2 is 1.90 bits per heavy atom. The van der Waals surface area contributed by atoms with Crippen LogP contribution in [-0.4, -0.2) is 30.3 Å². The van der Waals surface area contributed by atoms with Gasteiger partial charge in [-0.15, -0.1) is 0 Å². The molecule has 110 valence electrons. The number of rotatable bonds is 3. The van der Waals surface area contributed by atoms with Gasteiger partial charge in [0.05, 0.1) is 0 Å². The van der Waals surface area contributed by atoms with Crippen molar-refractivity contribution in [3.05, 3.63) is 23.8 Å². The van der Waals surface area contributed by atoms with Gasteiger partial charge < -0.3 is 15.2 Å². The van der Waals surface area contributed by atoms with Crippen molar-refractivity contribution in [2.45, 2.75) is 51.2 Å². The van der Waals surface area contributed by atoms with E-state index in [-0.39, 0.29) is 6.04 Å². The first-order valence-electron chi connectivity index (χ1n) is 7.56. The van der Waals surface area contributed by atoms with Gasteiger partial charge in [-0.1, -0.05) is 12.5 Å². The SMILES string of the molecule is CC1CCCC(C)N1CC(N)c1ccc2c(c1)OCO2. The van der Waals surface area contributed by atoms with Crippen molar-refractivity contribution < 1.29 is 9.47 Å². The highest BCUT2D eigenvalue weighted by Crippen LogP contribution is 2.34. The van der Waals surface area contributed by atoms with Gasteiger partial charge in [0.1, 0.15) is 0 Å². The molecule has 3 rings (SSSR count). The Hall–Kier alpha value is -1.26. The van der Waals surface area contributed by atoms with E-state index in [0.29, 0.717) is 18.9 Å². The van der Waals surface area contributed by atoms with E-state index in [9.17, 15) is 0 Å². The number of nitrogens with two attached hydrogens (primary N) is 1. The third-order valence-corrected chi connectivity index (χ3v) is 4.61. The van der Waals surface area contributed by atoms with Crippen molar-refractivity contribution in [3.8, 4) is 11.5 Å². The van der Waals surface area contributed by atoms with Crippen LogP contribution >= 0.6 is 0 Å². The van der Waals surface area contributed by atoms with Gasteiger partial charge in [0.25, 0.3) is 0 Å². The van der Waals surface area contributed by atoms with Gasteiger partial charge >= 0.3 is 0 Å². The lowest BCUT2D eigenvalue weighted by molar-refractivity contribution is 0.0961. The number of ether oxygens (including phenoxy) is 2. The van der Waals surface area contributed by atoms with Gasteiger partial charge in [0, 0.05) is 24.7 Å². The molecule has 2 aliphatic heterocycles. The second-order valence-corrected chi connectivity index (χ2v) is 6.04. The third kappa shape index (κ3) is 2.63. The summed E-state index contributed by atoms with van der Waals surface area (Å²) >= 11 is 0. The average molecular weight is 276 g/mol. The highest BCUT2D eigenvalue weighted by Gasteiger charge is 2.27. The lowest BCUT2D eigenvalue weighted by Crippen LogP contribution is -2.46. The number of hydrogen-bond acceptors (Lipinski definition) is 4. The van der Waals surface area contributed by atoms with E-state index in [1.165, 1.54) is 19.3 Å². The van der Waals surface area contributed by atoms with Crippen LogP contribution in [-0.2, 0) is 0 Å². The molecule has 2 heterocycles. The molecule has 4 nitrogen and oxygen atoms in total. The minimum absolute atomic E-state index is 0.0208. The molecule has 1 aromatic carbocycles. The molecule has 20 heavy (non-hydrogen) atoms. The average Bonchev–Trinajstić information content (AvgIpc) is 2.90. The monoisotopic (exact) mass is 276 g/mol. The van der Waals surface area contributed by atoms with E-state index in [1.54, 1.807) is 0 Å². The zero-order valence-corrected chi connectivity index (χ0v) is 12.3. The summed E-state index contributed by atoms with van der Waals surface area (Å²) in [7, 11) is 0. The van der Waals surface area contributed by atoms with E-state index < -0.39 is 0 Å². The van der Waals surface area contributed by atoms with Crippen molar-refractivity contribution >= 4 is 0 Å². The number of fused-ring (bicyclic) bond motifs is 1. The first-order valence-corrected chi connectivity index (χ1v) is 7.56. The Labute approximate surface area is 120 Å². The van der Waals surface area contributed by atoms with E-state index >= 15 is 0 Å². The number of hydrogen-bond donors (Lipinski definition) is 1. The number of nitrogens with zero attached hydrogens (tertiary/aromatic N) is 1. The molecule has 0 spiro atoms. The van der Waals surface area contributed by atoms with E-state index in [1.807, 2.05) is 12.1 Å². The summed E-state index contributed by atoms with van der Waals surface area (Å²) in [5, 5.41) is 0. The zero-order valence-electron chi connectivity index (χ0n) is 12.3. The molecule has 0 bridgehead atoms. The van der Waals surface area contributed by atoms with Crippen LogP contribution in [0.1, 0.15) is 44.7 Å². The van der Waals surface area contributed by atoms with Gasteiger partial charge in [-0.25, -0.2) is 0 Å². The van der Waals surface area contributed by atoms with Crippen molar-refractivity contribution in [2.75, 3.05) is 13.3 Å². The fourth-order valence-electron chi connectivity index (χ4n) is 3.31. The second-order valence-electron chi connectivity index (χ2n) is 6.04. The molecule has 0 aliphatic carbocycles. The maximum absolute atomic E-state index is 6.41. The van der Waals surface area contributed by atoms with Crippen molar-refractivity contribution in [2.24, 2.45) is 5.73 Å². The molecular formula is C16H24N2O2. The first kappa shape index (κ1) is 13.7. The largest absolute Gasteiger partial charge is 0.454 e. The molecule has 0 aromatic heterocycles. The fourth-order valence-corrected chi connectivity index (χ4v) is 3.31. The predicted octanol–water partition coefficient (Wildman–Crippen LogP) is 2.68. The Bertz CT molecular complexity index is 468. The molecule has 3 atom stereocenters. The molecule has 1 saturated heterocycles. The number of likely N-dealkylation sites (tertiary alicyclic amines) is 1. The van der Waals surface area contributed by atoms with E-state index in [0.717, 1.165) is 23.6 Å². The predicted molar refractivity (Wildman–Crippen MR) is 79.0 cm³/mol. The summed E-state index contributed by atoms with van der Waals surface area (Å²) < 4.78 is 10.8. The van der Waals surface area contributed by atoms with Crippen LogP contribution in [0.25, 0.3) is 0 Å². The van der Waals surface area contributed by atoms with Crippen LogP contribution in [0, 0.1) is 0 Å². The van der Waals surface area contributed by atoms with Crippen LogP contribution < -0.4 is 15.2 Å². The number of piperidine rings is 1.